The van der Waals surface area contributed by atoms with Crippen molar-refractivity contribution in [3.05, 3.63) is 29.3 Å². The first-order valence-corrected chi connectivity index (χ1v) is 6.59. The molecule has 0 spiro atoms. The normalized spacial score (nSPS) is 11.4. The quantitative estimate of drug-likeness (QED) is 0.855. The summed E-state index contributed by atoms with van der Waals surface area (Å²) in [6.07, 6.45) is 0. The lowest BCUT2D eigenvalue weighted by atomic mass is 10.1. The molecule has 0 saturated heterocycles. The van der Waals surface area contributed by atoms with Gasteiger partial charge in [-0.3, -0.25) is 0 Å². The fourth-order valence-corrected chi connectivity index (χ4v) is 2.53. The molecule has 1 rings (SSSR count). The molecular weight excluding hydrogens is 244 g/mol. The fraction of sp³-hybridized carbons (Fsp3) is 0.364. The maximum absolute atomic E-state index is 11.8. The number of benzene rings is 1. The van der Waals surface area contributed by atoms with Crippen LogP contribution in [0, 0.1) is 6.92 Å². The van der Waals surface area contributed by atoms with E-state index in [1.807, 2.05) is 0 Å². The number of rotatable bonds is 5. The van der Waals surface area contributed by atoms with Crippen LogP contribution in [0.1, 0.15) is 15.9 Å². The smallest absolute Gasteiger partial charge is 0.335 e. The summed E-state index contributed by atoms with van der Waals surface area (Å²) >= 11 is 0. The van der Waals surface area contributed by atoms with Gasteiger partial charge in [-0.1, -0.05) is 6.07 Å². The molecule has 0 aliphatic heterocycles. The number of sulfone groups is 1. The highest BCUT2D eigenvalue weighted by atomic mass is 32.2. The summed E-state index contributed by atoms with van der Waals surface area (Å²) < 4.78 is 28.3. The van der Waals surface area contributed by atoms with Crippen LogP contribution in [0.5, 0.6) is 0 Å². The van der Waals surface area contributed by atoms with Crippen LogP contribution in [-0.2, 0) is 14.6 Å². The van der Waals surface area contributed by atoms with E-state index in [1.165, 1.54) is 25.3 Å². The molecule has 5 nitrogen and oxygen atoms in total. The highest BCUT2D eigenvalue weighted by molar-refractivity contribution is 7.91. The summed E-state index contributed by atoms with van der Waals surface area (Å²) in [5.74, 6) is -1.29. The minimum Gasteiger partial charge on any atom is -0.478 e. The molecule has 0 atom stereocenters. The summed E-state index contributed by atoms with van der Waals surface area (Å²) in [5.41, 5.74) is 0.534. The number of ether oxygens (including phenoxy) is 1. The van der Waals surface area contributed by atoms with E-state index in [0.717, 1.165) is 0 Å². The SMILES string of the molecule is COCCS(=O)(=O)c1ccc(C)c(C(=O)O)c1. The van der Waals surface area contributed by atoms with Gasteiger partial charge in [0.25, 0.3) is 0 Å². The van der Waals surface area contributed by atoms with Gasteiger partial charge in [0.15, 0.2) is 9.84 Å². The van der Waals surface area contributed by atoms with Crippen LogP contribution in [0.2, 0.25) is 0 Å². The van der Waals surface area contributed by atoms with Gasteiger partial charge in [-0.25, -0.2) is 13.2 Å². The molecule has 94 valence electrons. The molecule has 0 aromatic heterocycles. The van der Waals surface area contributed by atoms with E-state index in [2.05, 4.69) is 0 Å². The molecule has 1 aromatic carbocycles. The van der Waals surface area contributed by atoms with E-state index >= 15 is 0 Å². The monoisotopic (exact) mass is 258 g/mol. The van der Waals surface area contributed by atoms with E-state index in [9.17, 15) is 13.2 Å². The Morgan fingerprint density at radius 3 is 2.59 bits per heavy atom. The summed E-state index contributed by atoms with van der Waals surface area (Å²) in [6.45, 7) is 1.70. The molecule has 1 N–H and O–H groups in total. The molecule has 0 aliphatic carbocycles. The number of hydrogen-bond donors (Lipinski definition) is 1. The first kappa shape index (κ1) is 13.7. The number of methoxy groups -OCH3 is 1. The Balaban J connectivity index is 3.16. The Labute approximate surface area is 100.0 Å². The largest absolute Gasteiger partial charge is 0.478 e. The zero-order chi connectivity index (χ0) is 13.1. The molecule has 6 heteroatoms. The first-order valence-electron chi connectivity index (χ1n) is 4.94. The number of carboxylic acids is 1. The second-order valence-electron chi connectivity index (χ2n) is 3.59. The summed E-state index contributed by atoms with van der Waals surface area (Å²) in [6, 6.07) is 4.08. The highest BCUT2D eigenvalue weighted by Crippen LogP contribution is 2.17. The van der Waals surface area contributed by atoms with E-state index in [0.29, 0.717) is 5.56 Å². The van der Waals surface area contributed by atoms with Crippen molar-refractivity contribution in [2.45, 2.75) is 11.8 Å². The van der Waals surface area contributed by atoms with Crippen molar-refractivity contribution in [1.82, 2.24) is 0 Å². The maximum atomic E-state index is 11.8. The first-order chi connectivity index (χ1) is 7.88. The van der Waals surface area contributed by atoms with Crippen LogP contribution in [0.15, 0.2) is 23.1 Å². The number of carboxylic acid groups (broad SMARTS) is 1. The molecule has 0 heterocycles. The number of aromatic carboxylic acids is 1. The zero-order valence-corrected chi connectivity index (χ0v) is 10.5. The van der Waals surface area contributed by atoms with Crippen LogP contribution in [-0.4, -0.2) is 39.0 Å². The number of carbonyl (C=O) groups is 1. The third-order valence-electron chi connectivity index (χ3n) is 2.35. The average molecular weight is 258 g/mol. The molecule has 0 aliphatic rings. The number of hydrogen-bond acceptors (Lipinski definition) is 4. The summed E-state index contributed by atoms with van der Waals surface area (Å²) in [5, 5.41) is 8.91. The topological polar surface area (TPSA) is 80.7 Å². The van der Waals surface area contributed by atoms with E-state index in [-0.39, 0.29) is 22.8 Å². The molecular formula is C11H14O5S. The van der Waals surface area contributed by atoms with Crippen molar-refractivity contribution in [3.8, 4) is 0 Å². The van der Waals surface area contributed by atoms with Crippen LogP contribution >= 0.6 is 0 Å². The lowest BCUT2D eigenvalue weighted by Crippen LogP contribution is -2.12. The van der Waals surface area contributed by atoms with E-state index in [4.69, 9.17) is 9.84 Å². The Bertz CT molecular complexity index is 519. The Morgan fingerprint density at radius 2 is 2.06 bits per heavy atom. The van der Waals surface area contributed by atoms with Crippen molar-refractivity contribution in [3.63, 3.8) is 0 Å². The van der Waals surface area contributed by atoms with Gasteiger partial charge in [-0.05, 0) is 24.6 Å². The van der Waals surface area contributed by atoms with Crippen molar-refractivity contribution in [2.24, 2.45) is 0 Å². The van der Waals surface area contributed by atoms with Crippen LogP contribution in [0.25, 0.3) is 0 Å². The third kappa shape index (κ3) is 3.28. The predicted molar refractivity (Wildman–Crippen MR) is 62.1 cm³/mol. The van der Waals surface area contributed by atoms with Crippen molar-refractivity contribution >= 4 is 15.8 Å². The molecule has 0 fully saturated rings. The molecule has 0 bridgehead atoms. The zero-order valence-electron chi connectivity index (χ0n) is 9.63. The Kier molecular flexibility index (Phi) is 4.25. The average Bonchev–Trinajstić information content (AvgIpc) is 2.26. The summed E-state index contributed by atoms with van der Waals surface area (Å²) in [7, 11) is -2.07. The molecule has 0 unspecified atom stereocenters. The van der Waals surface area contributed by atoms with Crippen LogP contribution < -0.4 is 0 Å². The lowest BCUT2D eigenvalue weighted by Gasteiger charge is -2.06. The van der Waals surface area contributed by atoms with Gasteiger partial charge >= 0.3 is 5.97 Å². The van der Waals surface area contributed by atoms with Gasteiger partial charge in [0.05, 0.1) is 22.8 Å². The molecule has 17 heavy (non-hydrogen) atoms. The maximum Gasteiger partial charge on any atom is 0.335 e. The van der Waals surface area contributed by atoms with Gasteiger partial charge in [0.1, 0.15) is 0 Å². The fourth-order valence-electron chi connectivity index (χ4n) is 1.34. The van der Waals surface area contributed by atoms with E-state index in [1.54, 1.807) is 6.92 Å². The molecule has 0 saturated carbocycles. The van der Waals surface area contributed by atoms with Gasteiger partial charge < -0.3 is 9.84 Å². The minimum absolute atomic E-state index is 0.00323. The van der Waals surface area contributed by atoms with Gasteiger partial charge in [0.2, 0.25) is 0 Å². The second kappa shape index (κ2) is 5.29. The molecule has 0 radical (unpaired) electrons. The third-order valence-corrected chi connectivity index (χ3v) is 4.03. The predicted octanol–water partition coefficient (Wildman–Crippen LogP) is 1.11. The highest BCUT2D eigenvalue weighted by Gasteiger charge is 2.17. The molecule has 0 amide bonds. The van der Waals surface area contributed by atoms with Crippen LogP contribution in [0.4, 0.5) is 0 Å². The van der Waals surface area contributed by atoms with Gasteiger partial charge in [-0.15, -0.1) is 0 Å². The van der Waals surface area contributed by atoms with Crippen molar-refractivity contribution in [1.29, 1.82) is 0 Å². The van der Waals surface area contributed by atoms with Crippen molar-refractivity contribution in [2.75, 3.05) is 19.5 Å². The minimum atomic E-state index is -3.48. The Hall–Kier alpha value is -1.40. The summed E-state index contributed by atoms with van der Waals surface area (Å²) in [4.78, 5) is 10.9. The molecule has 1 aromatic rings. The van der Waals surface area contributed by atoms with Crippen molar-refractivity contribution < 1.29 is 23.1 Å². The Morgan fingerprint density at radius 1 is 1.41 bits per heavy atom. The van der Waals surface area contributed by atoms with E-state index < -0.39 is 15.8 Å². The van der Waals surface area contributed by atoms with Gasteiger partial charge in [-0.2, -0.15) is 0 Å². The van der Waals surface area contributed by atoms with Gasteiger partial charge in [0, 0.05) is 7.11 Å². The second-order valence-corrected chi connectivity index (χ2v) is 5.70. The van der Waals surface area contributed by atoms with Crippen LogP contribution in [0.3, 0.4) is 0 Å². The number of aryl methyl sites for hydroxylation is 1. The standard InChI is InChI=1S/C11H14O5S/c1-8-3-4-9(7-10(8)11(12)13)17(14,15)6-5-16-2/h3-4,7H,5-6H2,1-2H3,(H,12,13). The lowest BCUT2D eigenvalue weighted by molar-refractivity contribution is 0.0696.